The van der Waals surface area contributed by atoms with Crippen LogP contribution in [0.3, 0.4) is 0 Å². The van der Waals surface area contributed by atoms with Crippen LogP contribution in [-0.2, 0) is 10.5 Å². The maximum atomic E-state index is 12.0. The number of aromatic nitrogens is 3. The summed E-state index contributed by atoms with van der Waals surface area (Å²) in [6, 6.07) is 7.45. The molecule has 1 aliphatic rings. The number of nitrogens with zero attached hydrogens (tertiary/aromatic N) is 2. The monoisotopic (exact) mass is 345 g/mol. The zero-order chi connectivity index (χ0) is 16.8. The van der Waals surface area contributed by atoms with Crippen LogP contribution in [0.5, 0.6) is 0 Å². The molecule has 7 nitrogen and oxygen atoms in total. The van der Waals surface area contributed by atoms with Crippen molar-refractivity contribution in [1.29, 1.82) is 0 Å². The van der Waals surface area contributed by atoms with Gasteiger partial charge in [-0.25, -0.2) is 4.98 Å². The van der Waals surface area contributed by atoms with Crippen LogP contribution in [0.25, 0.3) is 0 Å². The number of carbonyl (C=O) groups is 2. The highest BCUT2D eigenvalue weighted by molar-refractivity contribution is 7.98. The third-order valence-corrected chi connectivity index (χ3v) is 4.59. The van der Waals surface area contributed by atoms with Crippen molar-refractivity contribution >= 4 is 23.6 Å². The van der Waals surface area contributed by atoms with Crippen LogP contribution >= 0.6 is 11.8 Å². The van der Waals surface area contributed by atoms with Crippen molar-refractivity contribution in [2.75, 3.05) is 13.1 Å². The Kier molecular flexibility index (Phi) is 5.47. The van der Waals surface area contributed by atoms with Gasteiger partial charge in [0.15, 0.2) is 5.16 Å². The van der Waals surface area contributed by atoms with Gasteiger partial charge in [0.25, 0.3) is 5.91 Å². The van der Waals surface area contributed by atoms with Gasteiger partial charge in [-0.05, 0) is 30.5 Å². The van der Waals surface area contributed by atoms with Crippen LogP contribution in [0.2, 0.25) is 0 Å². The van der Waals surface area contributed by atoms with Crippen molar-refractivity contribution in [3.05, 3.63) is 41.7 Å². The van der Waals surface area contributed by atoms with Crippen LogP contribution in [-0.4, -0.2) is 40.1 Å². The van der Waals surface area contributed by atoms with Gasteiger partial charge in [0.1, 0.15) is 6.33 Å². The molecule has 0 saturated heterocycles. The van der Waals surface area contributed by atoms with Crippen LogP contribution in [0.1, 0.15) is 28.8 Å². The average molecular weight is 345 g/mol. The van der Waals surface area contributed by atoms with E-state index in [1.54, 1.807) is 23.9 Å². The zero-order valence-electron chi connectivity index (χ0n) is 13.1. The second kappa shape index (κ2) is 7.96. The smallest absolute Gasteiger partial charge is 0.251 e. The molecule has 0 radical (unpaired) electrons. The highest BCUT2D eigenvalue weighted by Crippen LogP contribution is 2.28. The Morgan fingerprint density at radius 2 is 1.92 bits per heavy atom. The highest BCUT2D eigenvalue weighted by Gasteiger charge is 2.28. The Balaban J connectivity index is 1.39. The minimum atomic E-state index is -0.134. The molecule has 1 fully saturated rings. The number of hydrogen-bond donors (Lipinski definition) is 3. The topological polar surface area (TPSA) is 99.8 Å². The molecule has 0 aliphatic heterocycles. The van der Waals surface area contributed by atoms with E-state index in [0.29, 0.717) is 18.7 Å². The second-order valence-electron chi connectivity index (χ2n) is 5.60. The number of rotatable bonds is 8. The van der Waals surface area contributed by atoms with E-state index in [2.05, 4.69) is 25.8 Å². The first kappa shape index (κ1) is 16.5. The van der Waals surface area contributed by atoms with Crippen LogP contribution in [0.4, 0.5) is 0 Å². The number of amides is 2. The molecule has 8 heteroatoms. The Labute approximate surface area is 144 Å². The summed E-state index contributed by atoms with van der Waals surface area (Å²) in [4.78, 5) is 27.6. The molecule has 1 aromatic carbocycles. The molecule has 0 bridgehead atoms. The van der Waals surface area contributed by atoms with Gasteiger partial charge in [-0.2, -0.15) is 5.10 Å². The Morgan fingerprint density at radius 1 is 1.17 bits per heavy atom. The Bertz CT molecular complexity index is 683. The standard InChI is InChI=1S/C16H19N5O2S/c22-14(17-7-8-18-15(23)13-5-6-13)12-3-1-11(2-4-12)9-24-16-19-10-20-21-16/h1-4,10,13H,5-9H2,(H,17,22)(H,18,23)(H,19,20,21). The number of benzene rings is 1. The lowest BCUT2D eigenvalue weighted by molar-refractivity contribution is -0.122. The summed E-state index contributed by atoms with van der Waals surface area (Å²) >= 11 is 1.55. The van der Waals surface area contributed by atoms with Gasteiger partial charge in [0, 0.05) is 30.3 Å². The quantitative estimate of drug-likeness (QED) is 0.495. The molecule has 1 aliphatic carbocycles. The molecular weight excluding hydrogens is 326 g/mol. The first-order chi connectivity index (χ1) is 11.7. The summed E-state index contributed by atoms with van der Waals surface area (Å²) in [5.74, 6) is 0.913. The normalized spacial score (nSPS) is 13.5. The first-order valence-corrected chi connectivity index (χ1v) is 8.84. The lowest BCUT2D eigenvalue weighted by Gasteiger charge is -2.07. The summed E-state index contributed by atoms with van der Waals surface area (Å²) in [5, 5.41) is 13.0. The van der Waals surface area contributed by atoms with Gasteiger partial charge in [-0.15, -0.1) is 0 Å². The van der Waals surface area contributed by atoms with E-state index in [9.17, 15) is 9.59 Å². The second-order valence-corrected chi connectivity index (χ2v) is 6.56. The van der Waals surface area contributed by atoms with E-state index < -0.39 is 0 Å². The van der Waals surface area contributed by atoms with Gasteiger partial charge in [-0.1, -0.05) is 23.9 Å². The summed E-state index contributed by atoms with van der Waals surface area (Å²) in [6.45, 7) is 0.896. The van der Waals surface area contributed by atoms with E-state index >= 15 is 0 Å². The zero-order valence-corrected chi connectivity index (χ0v) is 13.9. The van der Waals surface area contributed by atoms with Gasteiger partial charge < -0.3 is 10.6 Å². The van der Waals surface area contributed by atoms with Crippen molar-refractivity contribution in [1.82, 2.24) is 25.8 Å². The van der Waals surface area contributed by atoms with Gasteiger partial charge in [0.2, 0.25) is 5.91 Å². The molecule has 126 valence electrons. The highest BCUT2D eigenvalue weighted by atomic mass is 32.2. The predicted octanol–water partition coefficient (Wildman–Crippen LogP) is 1.35. The first-order valence-electron chi connectivity index (χ1n) is 7.85. The fraction of sp³-hybridized carbons (Fsp3) is 0.375. The molecule has 3 N–H and O–H groups in total. The van der Waals surface area contributed by atoms with E-state index in [-0.39, 0.29) is 17.7 Å². The Hall–Kier alpha value is -2.35. The lowest BCUT2D eigenvalue weighted by Crippen LogP contribution is -2.35. The van der Waals surface area contributed by atoms with Crippen LogP contribution < -0.4 is 10.6 Å². The number of carbonyl (C=O) groups excluding carboxylic acids is 2. The molecule has 3 rings (SSSR count). The molecule has 0 spiro atoms. The molecule has 24 heavy (non-hydrogen) atoms. The van der Waals surface area contributed by atoms with E-state index in [1.165, 1.54) is 6.33 Å². The maximum absolute atomic E-state index is 12.0. The van der Waals surface area contributed by atoms with Crippen molar-refractivity contribution in [3.63, 3.8) is 0 Å². The summed E-state index contributed by atoms with van der Waals surface area (Å²) in [6.07, 6.45) is 3.45. The number of thioether (sulfide) groups is 1. The SMILES string of the molecule is O=C(NCCNC(=O)C1CC1)c1ccc(CSc2ncn[nH]2)cc1. The average Bonchev–Trinajstić information content (AvgIpc) is 3.33. The third kappa shape index (κ3) is 4.82. The molecule has 2 amide bonds. The van der Waals surface area contributed by atoms with E-state index in [4.69, 9.17) is 0 Å². The number of hydrogen-bond acceptors (Lipinski definition) is 5. The molecule has 0 unspecified atom stereocenters. The largest absolute Gasteiger partial charge is 0.354 e. The predicted molar refractivity (Wildman–Crippen MR) is 90.5 cm³/mol. The molecular formula is C16H19N5O2S. The van der Waals surface area contributed by atoms with Crippen LogP contribution in [0, 0.1) is 5.92 Å². The van der Waals surface area contributed by atoms with Crippen molar-refractivity contribution in [2.45, 2.75) is 23.8 Å². The summed E-state index contributed by atoms with van der Waals surface area (Å²) in [5.41, 5.74) is 1.71. The minimum Gasteiger partial charge on any atom is -0.354 e. The Morgan fingerprint density at radius 3 is 2.58 bits per heavy atom. The minimum absolute atomic E-state index is 0.0952. The van der Waals surface area contributed by atoms with Crippen molar-refractivity contribution < 1.29 is 9.59 Å². The third-order valence-electron chi connectivity index (χ3n) is 3.64. The van der Waals surface area contributed by atoms with Crippen molar-refractivity contribution in [2.24, 2.45) is 5.92 Å². The number of H-pyrrole nitrogens is 1. The fourth-order valence-electron chi connectivity index (χ4n) is 2.12. The van der Waals surface area contributed by atoms with Gasteiger partial charge in [-0.3, -0.25) is 14.7 Å². The van der Waals surface area contributed by atoms with E-state index in [1.807, 2.05) is 12.1 Å². The number of aromatic amines is 1. The molecule has 1 aromatic heterocycles. The maximum Gasteiger partial charge on any atom is 0.251 e. The van der Waals surface area contributed by atoms with Gasteiger partial charge >= 0.3 is 0 Å². The summed E-state index contributed by atoms with van der Waals surface area (Å²) in [7, 11) is 0. The number of nitrogens with one attached hydrogen (secondary N) is 3. The summed E-state index contributed by atoms with van der Waals surface area (Å²) < 4.78 is 0. The molecule has 0 atom stereocenters. The molecule has 2 aromatic rings. The van der Waals surface area contributed by atoms with Crippen LogP contribution in [0.15, 0.2) is 35.7 Å². The molecule has 1 saturated carbocycles. The lowest BCUT2D eigenvalue weighted by atomic mass is 10.1. The van der Waals surface area contributed by atoms with E-state index in [0.717, 1.165) is 29.3 Å². The molecule has 1 heterocycles. The van der Waals surface area contributed by atoms with Crippen molar-refractivity contribution in [3.8, 4) is 0 Å². The van der Waals surface area contributed by atoms with Gasteiger partial charge in [0.05, 0.1) is 0 Å². The fourth-order valence-corrected chi connectivity index (χ4v) is 2.86.